The van der Waals surface area contributed by atoms with E-state index >= 15 is 0 Å². The van der Waals surface area contributed by atoms with Crippen molar-refractivity contribution in [3.05, 3.63) is 29.8 Å². The van der Waals surface area contributed by atoms with Gasteiger partial charge in [0.05, 0.1) is 0 Å². The fourth-order valence-corrected chi connectivity index (χ4v) is 2.24. The van der Waals surface area contributed by atoms with Gasteiger partial charge in [-0.3, -0.25) is 4.79 Å². The number of aryl methyl sites for hydroxylation is 1. The van der Waals surface area contributed by atoms with E-state index in [1.807, 2.05) is 31.2 Å². The lowest BCUT2D eigenvalue weighted by molar-refractivity contribution is -0.127. The van der Waals surface area contributed by atoms with Crippen LogP contribution in [0.5, 0.6) is 5.75 Å². The van der Waals surface area contributed by atoms with Crippen LogP contribution in [0.15, 0.2) is 24.3 Å². The molecule has 1 fully saturated rings. The molecule has 1 saturated heterocycles. The molecule has 4 nitrogen and oxygen atoms in total. The van der Waals surface area contributed by atoms with Crippen LogP contribution in [0.4, 0.5) is 0 Å². The molecule has 4 heteroatoms. The van der Waals surface area contributed by atoms with Gasteiger partial charge in [0, 0.05) is 12.6 Å². The highest BCUT2D eigenvalue weighted by Gasteiger charge is 2.18. The molecule has 1 aliphatic heterocycles. The third-order valence-corrected chi connectivity index (χ3v) is 3.36. The highest BCUT2D eigenvalue weighted by molar-refractivity contribution is 5.80. The number of rotatable bonds is 5. The Bertz CT molecular complexity index is 428. The zero-order valence-electron chi connectivity index (χ0n) is 11.6. The number of carbonyl (C=O) groups excluding carboxylic acids is 1. The van der Waals surface area contributed by atoms with Gasteiger partial charge in [-0.2, -0.15) is 0 Å². The molecule has 1 amide bonds. The number of amides is 1. The molecule has 1 aromatic rings. The van der Waals surface area contributed by atoms with Crippen LogP contribution >= 0.6 is 0 Å². The van der Waals surface area contributed by atoms with Crippen molar-refractivity contribution in [1.29, 1.82) is 0 Å². The van der Waals surface area contributed by atoms with Crippen LogP contribution in [0.2, 0.25) is 0 Å². The average Bonchev–Trinajstić information content (AvgIpc) is 2.89. The summed E-state index contributed by atoms with van der Waals surface area (Å²) in [5.74, 6) is 0.678. The Balaban J connectivity index is 1.78. The zero-order chi connectivity index (χ0) is 13.7. The molecular formula is C15H22N2O2. The summed E-state index contributed by atoms with van der Waals surface area (Å²) < 4.78 is 5.64. The summed E-state index contributed by atoms with van der Waals surface area (Å²) in [6, 6.07) is 8.15. The van der Waals surface area contributed by atoms with E-state index in [0.29, 0.717) is 12.6 Å². The Labute approximate surface area is 114 Å². The van der Waals surface area contributed by atoms with Crippen LogP contribution in [-0.2, 0) is 4.79 Å². The lowest BCUT2D eigenvalue weighted by atomic mass is 10.2. The molecule has 104 valence electrons. The predicted molar refractivity (Wildman–Crippen MR) is 75.3 cm³/mol. The summed E-state index contributed by atoms with van der Waals surface area (Å²) in [6.45, 7) is 5.51. The molecule has 0 aromatic heterocycles. The fraction of sp³-hybridized carbons (Fsp3) is 0.533. The maximum absolute atomic E-state index is 11.9. The largest absolute Gasteiger partial charge is 0.481 e. The third kappa shape index (κ3) is 4.24. The van der Waals surface area contributed by atoms with E-state index in [1.165, 1.54) is 6.42 Å². The van der Waals surface area contributed by atoms with Crippen LogP contribution in [0.3, 0.4) is 0 Å². The second-order valence-electron chi connectivity index (χ2n) is 5.12. The van der Waals surface area contributed by atoms with Gasteiger partial charge in [-0.15, -0.1) is 0 Å². The van der Waals surface area contributed by atoms with Gasteiger partial charge in [-0.1, -0.05) is 12.1 Å². The first-order chi connectivity index (χ1) is 9.15. The van der Waals surface area contributed by atoms with Crippen molar-refractivity contribution < 1.29 is 9.53 Å². The molecular weight excluding hydrogens is 240 g/mol. The van der Waals surface area contributed by atoms with Crippen molar-refractivity contribution in [2.45, 2.75) is 38.8 Å². The van der Waals surface area contributed by atoms with Crippen LogP contribution in [0, 0.1) is 6.92 Å². The Kier molecular flexibility index (Phi) is 4.80. The number of hydrogen-bond acceptors (Lipinski definition) is 3. The smallest absolute Gasteiger partial charge is 0.260 e. The summed E-state index contributed by atoms with van der Waals surface area (Å²) in [6.07, 6.45) is 1.85. The average molecular weight is 262 g/mol. The minimum Gasteiger partial charge on any atom is -0.481 e. The Hall–Kier alpha value is -1.55. The predicted octanol–water partition coefficient (Wildman–Crippen LogP) is 1.63. The normalized spacial score (nSPS) is 20.0. The first kappa shape index (κ1) is 13.9. The van der Waals surface area contributed by atoms with E-state index in [1.54, 1.807) is 6.92 Å². The van der Waals surface area contributed by atoms with Crippen LogP contribution < -0.4 is 15.4 Å². The number of hydrogen-bond donors (Lipinski definition) is 2. The minimum absolute atomic E-state index is 0.0600. The lowest BCUT2D eigenvalue weighted by Gasteiger charge is -2.17. The van der Waals surface area contributed by atoms with Crippen molar-refractivity contribution in [2.24, 2.45) is 0 Å². The quantitative estimate of drug-likeness (QED) is 0.848. The summed E-state index contributed by atoms with van der Waals surface area (Å²) >= 11 is 0. The lowest BCUT2D eigenvalue weighted by Crippen LogP contribution is -2.42. The number of ether oxygens (including phenoxy) is 1. The summed E-state index contributed by atoms with van der Waals surface area (Å²) in [4.78, 5) is 11.9. The maximum Gasteiger partial charge on any atom is 0.260 e. The molecule has 2 rings (SSSR count). The summed E-state index contributed by atoms with van der Waals surface area (Å²) in [5, 5.41) is 6.29. The van der Waals surface area contributed by atoms with Gasteiger partial charge in [-0.05, 0) is 50.9 Å². The molecule has 2 atom stereocenters. The SMILES string of the molecule is Cc1cccc(OC(C)C(=O)NCC2CCCN2)c1. The number of carbonyl (C=O) groups is 1. The van der Waals surface area contributed by atoms with Gasteiger partial charge in [0.2, 0.25) is 0 Å². The Morgan fingerprint density at radius 1 is 1.58 bits per heavy atom. The van der Waals surface area contributed by atoms with E-state index in [2.05, 4.69) is 10.6 Å². The van der Waals surface area contributed by atoms with E-state index in [9.17, 15) is 4.79 Å². The highest BCUT2D eigenvalue weighted by Crippen LogP contribution is 2.14. The fourth-order valence-electron chi connectivity index (χ4n) is 2.24. The maximum atomic E-state index is 11.9. The van der Waals surface area contributed by atoms with Crippen LogP contribution in [-0.4, -0.2) is 31.1 Å². The monoisotopic (exact) mass is 262 g/mol. The molecule has 2 N–H and O–H groups in total. The summed E-state index contributed by atoms with van der Waals surface area (Å²) in [5.41, 5.74) is 1.13. The van der Waals surface area contributed by atoms with Crippen molar-refractivity contribution in [1.82, 2.24) is 10.6 Å². The van der Waals surface area contributed by atoms with Crippen molar-refractivity contribution >= 4 is 5.91 Å². The first-order valence-electron chi connectivity index (χ1n) is 6.89. The number of nitrogens with one attached hydrogen (secondary N) is 2. The Morgan fingerprint density at radius 2 is 2.42 bits per heavy atom. The summed E-state index contributed by atoms with van der Waals surface area (Å²) in [7, 11) is 0. The van der Waals surface area contributed by atoms with Gasteiger partial charge in [-0.25, -0.2) is 0 Å². The molecule has 0 aliphatic carbocycles. The molecule has 0 radical (unpaired) electrons. The molecule has 0 bridgehead atoms. The second-order valence-corrected chi connectivity index (χ2v) is 5.12. The third-order valence-electron chi connectivity index (χ3n) is 3.36. The van der Waals surface area contributed by atoms with Gasteiger partial charge in [0.15, 0.2) is 6.10 Å². The molecule has 1 heterocycles. The van der Waals surface area contributed by atoms with Gasteiger partial charge >= 0.3 is 0 Å². The van der Waals surface area contributed by atoms with Gasteiger partial charge in [0.1, 0.15) is 5.75 Å². The van der Waals surface area contributed by atoms with Crippen molar-refractivity contribution in [2.75, 3.05) is 13.1 Å². The standard InChI is InChI=1S/C15H22N2O2/c1-11-5-3-7-14(9-11)19-12(2)15(18)17-10-13-6-4-8-16-13/h3,5,7,9,12-13,16H,4,6,8,10H2,1-2H3,(H,17,18). The Morgan fingerprint density at radius 3 is 3.11 bits per heavy atom. The van der Waals surface area contributed by atoms with Crippen molar-refractivity contribution in [3.8, 4) is 5.75 Å². The molecule has 1 aromatic carbocycles. The van der Waals surface area contributed by atoms with E-state index < -0.39 is 6.10 Å². The van der Waals surface area contributed by atoms with E-state index in [4.69, 9.17) is 4.74 Å². The molecule has 0 saturated carbocycles. The van der Waals surface area contributed by atoms with Crippen LogP contribution in [0.25, 0.3) is 0 Å². The second kappa shape index (κ2) is 6.57. The van der Waals surface area contributed by atoms with E-state index in [0.717, 1.165) is 24.3 Å². The topological polar surface area (TPSA) is 50.4 Å². The zero-order valence-corrected chi connectivity index (χ0v) is 11.6. The van der Waals surface area contributed by atoms with Crippen molar-refractivity contribution in [3.63, 3.8) is 0 Å². The molecule has 19 heavy (non-hydrogen) atoms. The minimum atomic E-state index is -0.469. The highest BCUT2D eigenvalue weighted by atomic mass is 16.5. The van der Waals surface area contributed by atoms with Crippen LogP contribution in [0.1, 0.15) is 25.3 Å². The first-order valence-corrected chi connectivity index (χ1v) is 6.89. The number of benzene rings is 1. The van der Waals surface area contributed by atoms with Gasteiger partial charge in [0.25, 0.3) is 5.91 Å². The molecule has 0 spiro atoms. The molecule has 1 aliphatic rings. The molecule has 2 unspecified atom stereocenters. The van der Waals surface area contributed by atoms with E-state index in [-0.39, 0.29) is 5.91 Å². The van der Waals surface area contributed by atoms with Gasteiger partial charge < -0.3 is 15.4 Å².